The number of carbonyl (C=O) groups is 1. The number of hydrogen-bond acceptors (Lipinski definition) is 4. The lowest BCUT2D eigenvalue weighted by molar-refractivity contribution is -0.202. The summed E-state index contributed by atoms with van der Waals surface area (Å²) in [6.45, 7) is 1.52. The molecule has 31 heavy (non-hydrogen) atoms. The van der Waals surface area contributed by atoms with E-state index in [2.05, 4.69) is 0 Å². The number of amides is 1. The standard InChI is InChI=1S/C23H25F3N2O3/c1-30-22(13-31-14-22)17-4-2-15(3-5-17)20-12-16(21(27)29)10-11-28(20)19-8-6-18(7-9-19)23(24,25)26/h2-9,16,20H,10-14H2,1H3,(H2,27,29). The van der Waals surface area contributed by atoms with Gasteiger partial charge in [0.15, 0.2) is 0 Å². The van der Waals surface area contributed by atoms with Crippen LogP contribution in [-0.2, 0) is 26.0 Å². The fourth-order valence-electron chi connectivity index (χ4n) is 4.39. The lowest BCUT2D eigenvalue weighted by Gasteiger charge is -2.42. The van der Waals surface area contributed by atoms with Crippen molar-refractivity contribution in [1.82, 2.24) is 0 Å². The van der Waals surface area contributed by atoms with Gasteiger partial charge in [0, 0.05) is 25.3 Å². The van der Waals surface area contributed by atoms with E-state index in [1.807, 2.05) is 29.2 Å². The second kappa shape index (κ2) is 8.16. The van der Waals surface area contributed by atoms with E-state index in [4.69, 9.17) is 15.2 Å². The molecule has 0 aromatic heterocycles. The van der Waals surface area contributed by atoms with E-state index in [9.17, 15) is 18.0 Å². The van der Waals surface area contributed by atoms with Crippen LogP contribution in [0, 0.1) is 5.92 Å². The zero-order valence-corrected chi connectivity index (χ0v) is 17.2. The topological polar surface area (TPSA) is 64.8 Å². The predicted octanol–water partition coefficient (Wildman–Crippen LogP) is 4.02. The van der Waals surface area contributed by atoms with Crippen molar-refractivity contribution in [2.24, 2.45) is 11.7 Å². The Labute approximate surface area is 178 Å². The van der Waals surface area contributed by atoms with Crippen molar-refractivity contribution in [1.29, 1.82) is 0 Å². The number of nitrogens with zero attached hydrogens (tertiary/aromatic N) is 1. The summed E-state index contributed by atoms with van der Waals surface area (Å²) in [5, 5.41) is 0. The Kier molecular flexibility index (Phi) is 5.70. The quantitative estimate of drug-likeness (QED) is 0.772. The SMILES string of the molecule is COC1(c2ccc(C3CC(C(N)=O)CCN3c3ccc(C(F)(F)F)cc3)cc2)COC1. The minimum atomic E-state index is -4.38. The van der Waals surface area contributed by atoms with Crippen LogP contribution in [0.15, 0.2) is 48.5 Å². The molecule has 2 heterocycles. The Balaban J connectivity index is 1.63. The van der Waals surface area contributed by atoms with Gasteiger partial charge in [-0.15, -0.1) is 0 Å². The van der Waals surface area contributed by atoms with Gasteiger partial charge in [0.05, 0.1) is 24.8 Å². The molecule has 2 aliphatic rings. The molecule has 166 valence electrons. The molecule has 0 spiro atoms. The number of piperidine rings is 1. The number of alkyl halides is 3. The summed E-state index contributed by atoms with van der Waals surface area (Å²) in [5.41, 5.74) is 7.12. The van der Waals surface area contributed by atoms with Gasteiger partial charge in [0.1, 0.15) is 5.60 Å². The molecular weight excluding hydrogens is 409 g/mol. The van der Waals surface area contributed by atoms with Crippen molar-refractivity contribution in [3.63, 3.8) is 0 Å². The maximum Gasteiger partial charge on any atom is 0.416 e. The number of carbonyl (C=O) groups excluding carboxylic acids is 1. The molecule has 2 atom stereocenters. The van der Waals surface area contributed by atoms with Crippen LogP contribution in [-0.4, -0.2) is 32.8 Å². The summed E-state index contributed by atoms with van der Waals surface area (Å²) in [7, 11) is 1.65. The summed E-state index contributed by atoms with van der Waals surface area (Å²) in [6.07, 6.45) is -3.31. The first-order valence-corrected chi connectivity index (χ1v) is 10.2. The molecule has 0 bridgehead atoms. The Morgan fingerprint density at radius 1 is 1.13 bits per heavy atom. The largest absolute Gasteiger partial charge is 0.416 e. The second-order valence-corrected chi connectivity index (χ2v) is 8.19. The molecule has 2 aromatic rings. The van der Waals surface area contributed by atoms with Crippen LogP contribution >= 0.6 is 0 Å². The zero-order valence-electron chi connectivity index (χ0n) is 17.2. The number of nitrogens with two attached hydrogens (primary N) is 1. The highest BCUT2D eigenvalue weighted by molar-refractivity contribution is 5.77. The normalized spacial score (nSPS) is 23.3. The predicted molar refractivity (Wildman–Crippen MR) is 109 cm³/mol. The second-order valence-electron chi connectivity index (χ2n) is 8.19. The Morgan fingerprint density at radius 3 is 2.26 bits per heavy atom. The Hall–Kier alpha value is -2.58. The first-order valence-electron chi connectivity index (χ1n) is 10.2. The minimum Gasteiger partial charge on any atom is -0.375 e. The third-order valence-corrected chi connectivity index (χ3v) is 6.41. The summed E-state index contributed by atoms with van der Waals surface area (Å²) in [6, 6.07) is 12.9. The van der Waals surface area contributed by atoms with Crippen LogP contribution in [0.1, 0.15) is 35.6 Å². The van der Waals surface area contributed by atoms with Gasteiger partial charge in [0.25, 0.3) is 0 Å². The number of rotatable bonds is 5. The van der Waals surface area contributed by atoms with Crippen LogP contribution in [0.4, 0.5) is 18.9 Å². The van der Waals surface area contributed by atoms with Gasteiger partial charge in [-0.3, -0.25) is 4.79 Å². The molecule has 8 heteroatoms. The molecule has 2 aliphatic heterocycles. The van der Waals surface area contributed by atoms with Crippen molar-refractivity contribution in [3.8, 4) is 0 Å². The van der Waals surface area contributed by atoms with Crippen LogP contribution < -0.4 is 10.6 Å². The van der Waals surface area contributed by atoms with E-state index < -0.39 is 17.3 Å². The van der Waals surface area contributed by atoms with E-state index in [1.54, 1.807) is 7.11 Å². The van der Waals surface area contributed by atoms with Crippen LogP contribution in [0.25, 0.3) is 0 Å². The summed E-state index contributed by atoms with van der Waals surface area (Å²) in [5.74, 6) is -0.626. The van der Waals surface area contributed by atoms with Crippen LogP contribution in [0.2, 0.25) is 0 Å². The fraction of sp³-hybridized carbons (Fsp3) is 0.435. The van der Waals surface area contributed by atoms with Gasteiger partial charge in [0.2, 0.25) is 5.91 Å². The van der Waals surface area contributed by atoms with E-state index in [1.165, 1.54) is 12.1 Å². The highest BCUT2D eigenvalue weighted by Gasteiger charge is 2.41. The van der Waals surface area contributed by atoms with Gasteiger partial charge in [-0.1, -0.05) is 24.3 Å². The van der Waals surface area contributed by atoms with E-state index >= 15 is 0 Å². The maximum absolute atomic E-state index is 13.0. The highest BCUT2D eigenvalue weighted by atomic mass is 19.4. The van der Waals surface area contributed by atoms with Crippen LogP contribution in [0.5, 0.6) is 0 Å². The van der Waals surface area contributed by atoms with Crippen molar-refractivity contribution in [2.75, 3.05) is 31.8 Å². The molecule has 2 N–H and O–H groups in total. The fourth-order valence-corrected chi connectivity index (χ4v) is 4.39. The molecule has 0 saturated carbocycles. The van der Waals surface area contributed by atoms with E-state index in [0.717, 1.165) is 23.3 Å². The molecular formula is C23H25F3N2O3. The summed E-state index contributed by atoms with van der Waals surface area (Å²) in [4.78, 5) is 13.9. The summed E-state index contributed by atoms with van der Waals surface area (Å²) >= 11 is 0. The van der Waals surface area contributed by atoms with Crippen molar-refractivity contribution in [3.05, 3.63) is 65.2 Å². The van der Waals surface area contributed by atoms with Crippen molar-refractivity contribution >= 4 is 11.6 Å². The first-order chi connectivity index (χ1) is 14.7. The average Bonchev–Trinajstić information content (AvgIpc) is 2.73. The molecule has 2 aromatic carbocycles. The third-order valence-electron chi connectivity index (χ3n) is 6.41. The summed E-state index contributed by atoms with van der Waals surface area (Å²) < 4.78 is 49.8. The molecule has 4 rings (SSSR count). The number of halogens is 3. The van der Waals surface area contributed by atoms with Crippen molar-refractivity contribution in [2.45, 2.75) is 30.7 Å². The molecule has 5 nitrogen and oxygen atoms in total. The average molecular weight is 434 g/mol. The molecule has 2 saturated heterocycles. The van der Waals surface area contributed by atoms with Crippen LogP contribution in [0.3, 0.4) is 0 Å². The number of hydrogen-bond donors (Lipinski definition) is 1. The van der Waals surface area contributed by atoms with Gasteiger partial charge in [-0.05, 0) is 48.2 Å². The van der Waals surface area contributed by atoms with Gasteiger partial charge in [-0.25, -0.2) is 0 Å². The highest BCUT2D eigenvalue weighted by Crippen LogP contribution is 2.40. The monoisotopic (exact) mass is 434 g/mol. The Morgan fingerprint density at radius 2 is 1.77 bits per heavy atom. The Bertz CT molecular complexity index is 919. The lowest BCUT2D eigenvalue weighted by Crippen LogP contribution is -2.48. The number of benzene rings is 2. The number of anilines is 1. The maximum atomic E-state index is 13.0. The number of primary amides is 1. The number of methoxy groups -OCH3 is 1. The molecule has 2 unspecified atom stereocenters. The van der Waals surface area contributed by atoms with E-state index in [0.29, 0.717) is 38.3 Å². The van der Waals surface area contributed by atoms with Crippen molar-refractivity contribution < 1.29 is 27.4 Å². The van der Waals surface area contributed by atoms with Gasteiger partial charge in [-0.2, -0.15) is 13.2 Å². The minimum absolute atomic E-state index is 0.173. The van der Waals surface area contributed by atoms with E-state index in [-0.39, 0.29) is 17.9 Å². The number of ether oxygens (including phenoxy) is 2. The first kappa shape index (κ1) is 21.6. The lowest BCUT2D eigenvalue weighted by atomic mass is 9.84. The zero-order chi connectivity index (χ0) is 22.2. The van der Waals surface area contributed by atoms with Gasteiger partial charge < -0.3 is 20.1 Å². The smallest absolute Gasteiger partial charge is 0.375 e. The molecule has 0 aliphatic carbocycles. The third kappa shape index (κ3) is 4.14. The molecule has 0 radical (unpaired) electrons. The molecule has 1 amide bonds. The van der Waals surface area contributed by atoms with Gasteiger partial charge >= 0.3 is 6.18 Å². The molecule has 2 fully saturated rings.